The van der Waals surface area contributed by atoms with E-state index in [9.17, 15) is 9.59 Å². The SMILES string of the molecule is O=C(Cc1ccccc1)NCC(=O)N1CCCC1c1nc2ccccc2[nH]1. The second-order valence-electron chi connectivity index (χ2n) is 6.82. The van der Waals surface area contributed by atoms with Gasteiger partial charge in [0.25, 0.3) is 0 Å². The molecule has 2 amide bonds. The maximum atomic E-state index is 12.7. The monoisotopic (exact) mass is 362 g/mol. The molecule has 0 aliphatic carbocycles. The Morgan fingerprint density at radius 2 is 1.89 bits per heavy atom. The summed E-state index contributed by atoms with van der Waals surface area (Å²) in [6.45, 7) is 0.706. The van der Waals surface area contributed by atoms with Gasteiger partial charge in [-0.15, -0.1) is 0 Å². The molecule has 4 rings (SSSR count). The molecule has 1 atom stereocenters. The molecule has 2 heterocycles. The number of benzene rings is 2. The Balaban J connectivity index is 1.38. The van der Waals surface area contributed by atoms with Crippen molar-refractivity contribution in [1.29, 1.82) is 0 Å². The van der Waals surface area contributed by atoms with Crippen LogP contribution in [0, 0.1) is 0 Å². The molecule has 0 radical (unpaired) electrons. The molecular weight excluding hydrogens is 340 g/mol. The number of amides is 2. The molecule has 6 nitrogen and oxygen atoms in total. The molecule has 0 saturated carbocycles. The highest BCUT2D eigenvalue weighted by Crippen LogP contribution is 2.31. The van der Waals surface area contributed by atoms with Gasteiger partial charge in [-0.25, -0.2) is 4.98 Å². The zero-order valence-corrected chi connectivity index (χ0v) is 15.0. The van der Waals surface area contributed by atoms with Gasteiger partial charge in [0, 0.05) is 6.54 Å². The van der Waals surface area contributed by atoms with Crippen LogP contribution >= 0.6 is 0 Å². The van der Waals surface area contributed by atoms with Crippen molar-refractivity contribution in [1.82, 2.24) is 20.2 Å². The number of para-hydroxylation sites is 2. The van der Waals surface area contributed by atoms with Crippen LogP contribution in [0.2, 0.25) is 0 Å². The minimum atomic E-state index is -0.144. The standard InChI is InChI=1S/C21H22N4O2/c26-19(13-15-7-2-1-3-8-15)22-14-20(27)25-12-6-11-18(25)21-23-16-9-4-5-10-17(16)24-21/h1-5,7-10,18H,6,11-14H2,(H,22,26)(H,23,24). The molecule has 6 heteroatoms. The number of aromatic nitrogens is 2. The van der Waals surface area contributed by atoms with Crippen molar-refractivity contribution >= 4 is 22.8 Å². The van der Waals surface area contributed by atoms with E-state index in [1.807, 2.05) is 59.5 Å². The lowest BCUT2D eigenvalue weighted by atomic mass is 10.1. The Kier molecular flexibility index (Phi) is 4.87. The Bertz CT molecular complexity index is 918. The van der Waals surface area contributed by atoms with Gasteiger partial charge in [-0.1, -0.05) is 42.5 Å². The third kappa shape index (κ3) is 3.84. The number of H-pyrrole nitrogens is 1. The van der Waals surface area contributed by atoms with Gasteiger partial charge < -0.3 is 15.2 Å². The van der Waals surface area contributed by atoms with Crippen molar-refractivity contribution in [3.8, 4) is 0 Å². The second-order valence-corrected chi connectivity index (χ2v) is 6.82. The smallest absolute Gasteiger partial charge is 0.242 e. The Hall–Kier alpha value is -3.15. The van der Waals surface area contributed by atoms with Crippen LogP contribution in [0.1, 0.15) is 30.3 Å². The number of carbonyl (C=O) groups excluding carboxylic acids is 2. The zero-order valence-electron chi connectivity index (χ0n) is 15.0. The van der Waals surface area contributed by atoms with Crippen LogP contribution in [0.4, 0.5) is 0 Å². The molecule has 1 aliphatic rings. The number of nitrogens with one attached hydrogen (secondary N) is 2. The average Bonchev–Trinajstić information content (AvgIpc) is 3.33. The highest BCUT2D eigenvalue weighted by atomic mass is 16.2. The lowest BCUT2D eigenvalue weighted by molar-refractivity contribution is -0.133. The zero-order chi connectivity index (χ0) is 18.6. The number of rotatable bonds is 5. The van der Waals surface area contributed by atoms with Crippen molar-refractivity contribution in [2.45, 2.75) is 25.3 Å². The van der Waals surface area contributed by atoms with Crippen LogP contribution in [-0.4, -0.2) is 39.8 Å². The van der Waals surface area contributed by atoms with E-state index in [2.05, 4.69) is 15.3 Å². The molecule has 27 heavy (non-hydrogen) atoms. The Morgan fingerprint density at radius 1 is 1.11 bits per heavy atom. The lowest BCUT2D eigenvalue weighted by Crippen LogP contribution is -2.40. The predicted molar refractivity (Wildman–Crippen MR) is 103 cm³/mol. The van der Waals surface area contributed by atoms with E-state index < -0.39 is 0 Å². The van der Waals surface area contributed by atoms with Crippen molar-refractivity contribution in [2.24, 2.45) is 0 Å². The van der Waals surface area contributed by atoms with Crippen molar-refractivity contribution in [3.05, 3.63) is 66.0 Å². The van der Waals surface area contributed by atoms with E-state index in [-0.39, 0.29) is 30.8 Å². The Morgan fingerprint density at radius 3 is 2.70 bits per heavy atom. The van der Waals surface area contributed by atoms with E-state index in [1.165, 1.54) is 0 Å². The summed E-state index contributed by atoms with van der Waals surface area (Å²) in [4.78, 5) is 34.6. The number of hydrogen-bond donors (Lipinski definition) is 2. The Labute approximate surface area is 157 Å². The molecule has 1 aromatic heterocycles. The molecule has 1 saturated heterocycles. The summed E-state index contributed by atoms with van der Waals surface area (Å²) in [6, 6.07) is 17.3. The maximum Gasteiger partial charge on any atom is 0.242 e. The minimum Gasteiger partial charge on any atom is -0.347 e. The number of likely N-dealkylation sites (tertiary alicyclic amines) is 1. The van der Waals surface area contributed by atoms with Crippen LogP contribution in [0.25, 0.3) is 11.0 Å². The molecule has 1 aliphatic heterocycles. The summed E-state index contributed by atoms with van der Waals surface area (Å²) in [7, 11) is 0. The summed E-state index contributed by atoms with van der Waals surface area (Å²) >= 11 is 0. The maximum absolute atomic E-state index is 12.7. The van der Waals surface area contributed by atoms with Crippen LogP contribution < -0.4 is 5.32 Å². The second kappa shape index (κ2) is 7.61. The molecule has 1 fully saturated rings. The van der Waals surface area contributed by atoms with Crippen LogP contribution in [0.5, 0.6) is 0 Å². The first-order valence-electron chi connectivity index (χ1n) is 9.25. The summed E-state index contributed by atoms with van der Waals surface area (Å²) in [6.07, 6.45) is 2.09. The summed E-state index contributed by atoms with van der Waals surface area (Å²) in [5, 5.41) is 2.75. The summed E-state index contributed by atoms with van der Waals surface area (Å²) in [5.74, 6) is 0.603. The number of carbonyl (C=O) groups is 2. The first kappa shape index (κ1) is 17.3. The largest absolute Gasteiger partial charge is 0.347 e. The third-order valence-electron chi connectivity index (χ3n) is 4.94. The van der Waals surface area contributed by atoms with Gasteiger partial charge in [0.15, 0.2) is 0 Å². The first-order chi connectivity index (χ1) is 13.2. The predicted octanol–water partition coefficient (Wildman–Crippen LogP) is 2.59. The molecule has 2 aromatic carbocycles. The van der Waals surface area contributed by atoms with E-state index in [1.54, 1.807) is 0 Å². The average molecular weight is 362 g/mol. The molecular formula is C21H22N4O2. The fraction of sp³-hybridized carbons (Fsp3) is 0.286. The summed E-state index contributed by atoms with van der Waals surface area (Å²) in [5.41, 5.74) is 2.81. The summed E-state index contributed by atoms with van der Waals surface area (Å²) < 4.78 is 0. The van der Waals surface area contributed by atoms with Gasteiger partial charge >= 0.3 is 0 Å². The van der Waals surface area contributed by atoms with E-state index in [0.717, 1.165) is 35.3 Å². The van der Waals surface area contributed by atoms with Crippen molar-refractivity contribution in [2.75, 3.05) is 13.1 Å². The number of hydrogen-bond acceptors (Lipinski definition) is 3. The first-order valence-corrected chi connectivity index (χ1v) is 9.25. The number of imidazole rings is 1. The fourth-order valence-electron chi connectivity index (χ4n) is 3.60. The van der Waals surface area contributed by atoms with Gasteiger partial charge in [0.1, 0.15) is 5.82 Å². The highest BCUT2D eigenvalue weighted by Gasteiger charge is 2.32. The normalized spacial score (nSPS) is 16.6. The number of nitrogens with zero attached hydrogens (tertiary/aromatic N) is 2. The van der Waals surface area contributed by atoms with Crippen molar-refractivity contribution in [3.63, 3.8) is 0 Å². The third-order valence-corrected chi connectivity index (χ3v) is 4.94. The van der Waals surface area contributed by atoms with E-state index in [0.29, 0.717) is 6.54 Å². The number of fused-ring (bicyclic) bond motifs is 1. The van der Waals surface area contributed by atoms with Crippen LogP contribution in [0.3, 0.4) is 0 Å². The highest BCUT2D eigenvalue weighted by molar-refractivity contribution is 5.86. The molecule has 1 unspecified atom stereocenters. The van der Waals surface area contributed by atoms with Gasteiger partial charge in [0.2, 0.25) is 11.8 Å². The lowest BCUT2D eigenvalue weighted by Gasteiger charge is -2.23. The molecule has 2 N–H and O–H groups in total. The molecule has 0 spiro atoms. The van der Waals surface area contributed by atoms with E-state index in [4.69, 9.17) is 0 Å². The van der Waals surface area contributed by atoms with Gasteiger partial charge in [-0.3, -0.25) is 9.59 Å². The van der Waals surface area contributed by atoms with Crippen LogP contribution in [0.15, 0.2) is 54.6 Å². The minimum absolute atomic E-state index is 0.0163. The van der Waals surface area contributed by atoms with Gasteiger partial charge in [0.05, 0.1) is 30.0 Å². The molecule has 138 valence electrons. The topological polar surface area (TPSA) is 78.1 Å². The van der Waals surface area contributed by atoms with Gasteiger partial charge in [-0.2, -0.15) is 0 Å². The van der Waals surface area contributed by atoms with Gasteiger partial charge in [-0.05, 0) is 30.5 Å². The van der Waals surface area contributed by atoms with E-state index >= 15 is 0 Å². The molecule has 3 aromatic rings. The van der Waals surface area contributed by atoms with Crippen LogP contribution in [-0.2, 0) is 16.0 Å². The fourth-order valence-corrected chi connectivity index (χ4v) is 3.60. The number of aromatic amines is 1. The molecule has 0 bridgehead atoms. The van der Waals surface area contributed by atoms with Crippen molar-refractivity contribution < 1.29 is 9.59 Å². The quantitative estimate of drug-likeness (QED) is 0.732.